The predicted octanol–water partition coefficient (Wildman–Crippen LogP) is 4.63. The number of aromatic nitrogens is 4. The Labute approximate surface area is 194 Å². The molecule has 1 aromatic carbocycles. The van der Waals surface area contributed by atoms with Gasteiger partial charge in [-0.2, -0.15) is 5.10 Å². The van der Waals surface area contributed by atoms with Crippen LogP contribution in [0.3, 0.4) is 0 Å². The number of nitrogens with zero attached hydrogens (tertiary/aromatic N) is 5. The quantitative estimate of drug-likeness (QED) is 0.575. The summed E-state index contributed by atoms with van der Waals surface area (Å²) < 4.78 is 0. The van der Waals surface area contributed by atoms with E-state index in [9.17, 15) is 4.79 Å². The number of carbonyl (C=O) groups is 1. The highest BCUT2D eigenvalue weighted by molar-refractivity contribution is 6.05. The summed E-state index contributed by atoms with van der Waals surface area (Å²) in [4.78, 5) is 25.9. The molecule has 0 bridgehead atoms. The van der Waals surface area contributed by atoms with Crippen LogP contribution in [0.15, 0.2) is 30.5 Å². The number of carbonyl (C=O) groups excluding carboxylic acids is 1. The molecule has 0 radical (unpaired) electrons. The van der Waals surface area contributed by atoms with Gasteiger partial charge in [-0.05, 0) is 64.3 Å². The number of benzene rings is 1. The molecule has 1 aliphatic carbocycles. The van der Waals surface area contributed by atoms with Gasteiger partial charge in [0.2, 0.25) is 11.9 Å². The Hall–Kier alpha value is -3.42. The molecule has 1 atom stereocenters. The van der Waals surface area contributed by atoms with Crippen molar-refractivity contribution in [3.8, 4) is 11.3 Å². The maximum absolute atomic E-state index is 12.7. The third-order valence-corrected chi connectivity index (χ3v) is 6.63. The number of hydrogen-bond donors (Lipinski definition) is 2. The van der Waals surface area contributed by atoms with Gasteiger partial charge < -0.3 is 15.1 Å². The molecule has 2 aliphatic rings. The second-order valence-corrected chi connectivity index (χ2v) is 9.26. The number of aryl methyl sites for hydroxylation is 1. The summed E-state index contributed by atoms with van der Waals surface area (Å²) in [6, 6.07) is 7.97. The van der Waals surface area contributed by atoms with Crippen LogP contribution in [0.1, 0.15) is 57.8 Å². The van der Waals surface area contributed by atoms with E-state index in [4.69, 9.17) is 4.98 Å². The summed E-state index contributed by atoms with van der Waals surface area (Å²) in [6.45, 7) is 8.31. The normalized spacial score (nSPS) is 18.1. The largest absolute Gasteiger partial charge is 0.356 e. The zero-order valence-corrected chi connectivity index (χ0v) is 19.9. The molecular formula is C25H31N7O. The third-order valence-electron chi connectivity index (χ3n) is 6.63. The fourth-order valence-electron chi connectivity index (χ4n) is 4.82. The number of amides is 1. The minimum absolute atomic E-state index is 0.103. The molecule has 8 nitrogen and oxygen atoms in total. The van der Waals surface area contributed by atoms with Crippen molar-refractivity contribution in [2.75, 3.05) is 22.2 Å². The standard InChI is InChI=1S/C25H31N7O/c1-6-18-22(23(30-29-18)16-7-8-16)19-11-12-26-25(28-19)27-17-9-10-20-21(13-17)32(14(2)3)15(4)24(33)31(20)5/h9-16H,6-8H2,1-5H3,(H,29,30)(H,26,27,28)/t15-/m1/s1. The lowest BCUT2D eigenvalue weighted by molar-refractivity contribution is -0.119. The highest BCUT2D eigenvalue weighted by atomic mass is 16.2. The van der Waals surface area contributed by atoms with Crippen LogP contribution in [0.5, 0.6) is 0 Å². The molecule has 172 valence electrons. The van der Waals surface area contributed by atoms with Crippen molar-refractivity contribution in [3.05, 3.63) is 41.9 Å². The lowest BCUT2D eigenvalue weighted by Crippen LogP contribution is -2.53. The summed E-state index contributed by atoms with van der Waals surface area (Å²) in [5, 5.41) is 11.2. The van der Waals surface area contributed by atoms with E-state index in [0.29, 0.717) is 11.9 Å². The smallest absolute Gasteiger partial charge is 0.249 e. The van der Waals surface area contributed by atoms with Gasteiger partial charge in [-0.1, -0.05) is 6.92 Å². The summed E-state index contributed by atoms with van der Waals surface area (Å²) >= 11 is 0. The molecule has 1 fully saturated rings. The lowest BCUT2D eigenvalue weighted by atomic mass is 10.0. The Kier molecular flexibility index (Phi) is 5.31. The first-order chi connectivity index (χ1) is 15.9. The van der Waals surface area contributed by atoms with Crippen LogP contribution in [-0.4, -0.2) is 45.2 Å². The summed E-state index contributed by atoms with van der Waals surface area (Å²) in [7, 11) is 1.84. The van der Waals surface area contributed by atoms with Crippen molar-refractivity contribution in [1.82, 2.24) is 20.2 Å². The molecule has 3 aromatic rings. The number of likely N-dealkylation sites (N-methyl/N-ethyl adjacent to an activating group) is 1. The molecular weight excluding hydrogens is 414 g/mol. The van der Waals surface area contributed by atoms with Gasteiger partial charge >= 0.3 is 0 Å². The minimum Gasteiger partial charge on any atom is -0.356 e. The molecule has 1 aliphatic heterocycles. The van der Waals surface area contributed by atoms with E-state index in [-0.39, 0.29) is 18.0 Å². The van der Waals surface area contributed by atoms with Crippen molar-refractivity contribution in [2.24, 2.45) is 0 Å². The molecule has 1 saturated carbocycles. The number of anilines is 4. The second kappa shape index (κ2) is 8.17. The highest BCUT2D eigenvalue weighted by Gasteiger charge is 2.35. The Bertz CT molecular complexity index is 1200. The first-order valence-electron chi connectivity index (χ1n) is 11.8. The molecule has 1 amide bonds. The van der Waals surface area contributed by atoms with Crippen LogP contribution in [0, 0.1) is 0 Å². The first kappa shape index (κ1) is 21.4. The summed E-state index contributed by atoms with van der Waals surface area (Å²) in [5.74, 6) is 1.18. The summed E-state index contributed by atoms with van der Waals surface area (Å²) in [6.07, 6.45) is 5.05. The van der Waals surface area contributed by atoms with Gasteiger partial charge in [-0.25, -0.2) is 9.97 Å². The Morgan fingerprint density at radius 3 is 2.70 bits per heavy atom. The molecule has 5 rings (SSSR count). The maximum Gasteiger partial charge on any atom is 0.249 e. The summed E-state index contributed by atoms with van der Waals surface area (Å²) in [5.41, 5.74) is 7.07. The van der Waals surface area contributed by atoms with Crippen molar-refractivity contribution in [1.29, 1.82) is 0 Å². The average Bonchev–Trinajstić information content (AvgIpc) is 3.55. The SMILES string of the molecule is CCc1[nH]nc(C2CC2)c1-c1ccnc(Nc2ccc3c(c2)N(C(C)C)[C@H](C)C(=O)N3C)n1. The Morgan fingerprint density at radius 2 is 2.00 bits per heavy atom. The molecule has 0 spiro atoms. The Balaban J connectivity index is 1.48. The number of rotatable bonds is 6. The molecule has 2 aromatic heterocycles. The first-order valence-corrected chi connectivity index (χ1v) is 11.8. The van der Waals surface area contributed by atoms with Crippen molar-refractivity contribution in [3.63, 3.8) is 0 Å². The molecule has 0 unspecified atom stereocenters. The van der Waals surface area contributed by atoms with E-state index in [1.165, 1.54) is 12.8 Å². The number of nitrogens with one attached hydrogen (secondary N) is 2. The fourth-order valence-corrected chi connectivity index (χ4v) is 4.82. The zero-order chi connectivity index (χ0) is 23.3. The third kappa shape index (κ3) is 3.73. The van der Waals surface area contributed by atoms with E-state index in [1.807, 2.05) is 32.2 Å². The molecule has 8 heteroatoms. The van der Waals surface area contributed by atoms with E-state index >= 15 is 0 Å². The van der Waals surface area contributed by atoms with Crippen molar-refractivity contribution < 1.29 is 4.79 Å². The minimum atomic E-state index is -0.216. The van der Waals surface area contributed by atoms with Gasteiger partial charge in [-0.15, -0.1) is 0 Å². The maximum atomic E-state index is 12.7. The van der Waals surface area contributed by atoms with Gasteiger partial charge in [0.05, 0.1) is 22.8 Å². The monoisotopic (exact) mass is 445 g/mol. The van der Waals surface area contributed by atoms with E-state index in [1.54, 1.807) is 11.1 Å². The van der Waals surface area contributed by atoms with Gasteiger partial charge in [0.25, 0.3) is 0 Å². The molecule has 2 N–H and O–H groups in total. The zero-order valence-electron chi connectivity index (χ0n) is 19.9. The van der Waals surface area contributed by atoms with Gasteiger partial charge in [-0.3, -0.25) is 9.89 Å². The lowest BCUT2D eigenvalue weighted by Gasteiger charge is -2.42. The number of fused-ring (bicyclic) bond motifs is 1. The van der Waals surface area contributed by atoms with Crippen LogP contribution in [0.4, 0.5) is 23.0 Å². The van der Waals surface area contributed by atoms with Gasteiger partial charge in [0.1, 0.15) is 6.04 Å². The van der Waals surface area contributed by atoms with Crippen molar-refractivity contribution in [2.45, 2.75) is 65.0 Å². The van der Waals surface area contributed by atoms with Gasteiger partial charge in [0, 0.05) is 42.1 Å². The number of H-pyrrole nitrogens is 1. The fraction of sp³-hybridized carbons (Fsp3) is 0.440. The van der Waals surface area contributed by atoms with Crippen LogP contribution < -0.4 is 15.1 Å². The van der Waals surface area contributed by atoms with Crippen LogP contribution in [0.25, 0.3) is 11.3 Å². The topological polar surface area (TPSA) is 90.0 Å². The molecule has 33 heavy (non-hydrogen) atoms. The average molecular weight is 446 g/mol. The van der Waals surface area contributed by atoms with E-state index in [0.717, 1.165) is 46.1 Å². The Morgan fingerprint density at radius 1 is 1.21 bits per heavy atom. The number of aromatic amines is 1. The highest BCUT2D eigenvalue weighted by Crippen LogP contribution is 2.44. The van der Waals surface area contributed by atoms with E-state index < -0.39 is 0 Å². The molecule has 3 heterocycles. The number of hydrogen-bond acceptors (Lipinski definition) is 6. The van der Waals surface area contributed by atoms with E-state index in [2.05, 4.69) is 52.2 Å². The van der Waals surface area contributed by atoms with Crippen LogP contribution in [0.2, 0.25) is 0 Å². The molecule has 0 saturated heterocycles. The second-order valence-electron chi connectivity index (χ2n) is 9.26. The van der Waals surface area contributed by atoms with Crippen LogP contribution >= 0.6 is 0 Å². The predicted molar refractivity (Wildman–Crippen MR) is 131 cm³/mol. The van der Waals surface area contributed by atoms with Gasteiger partial charge in [0.15, 0.2) is 0 Å². The van der Waals surface area contributed by atoms with Crippen LogP contribution in [-0.2, 0) is 11.2 Å². The van der Waals surface area contributed by atoms with Crippen molar-refractivity contribution >= 4 is 28.9 Å².